The fourth-order valence-corrected chi connectivity index (χ4v) is 3.23. The molecule has 12 heteroatoms. The molecule has 36 heavy (non-hydrogen) atoms. The van der Waals surface area contributed by atoms with E-state index in [9.17, 15) is 48.7 Å². The highest BCUT2D eigenvalue weighted by Gasteiger charge is 2.61. The monoisotopic (exact) mass is 530 g/mol. The van der Waals surface area contributed by atoms with E-state index in [4.69, 9.17) is 4.74 Å². The molecule has 0 fully saturated rings. The van der Waals surface area contributed by atoms with E-state index in [2.05, 4.69) is 6.58 Å². The summed E-state index contributed by atoms with van der Waals surface area (Å²) in [7, 11) is 0. The molecular formula is C24H20F10O2. The number of hydrogen-bond donors (Lipinski definition) is 0. The summed E-state index contributed by atoms with van der Waals surface area (Å²) < 4.78 is 138. The molecule has 0 bridgehead atoms. The Morgan fingerprint density at radius 3 is 1.81 bits per heavy atom. The normalized spacial score (nSPS) is 12.9. The summed E-state index contributed by atoms with van der Waals surface area (Å²) in [5.74, 6) is -11.9. The number of carbonyl (C=O) groups is 1. The van der Waals surface area contributed by atoms with Gasteiger partial charge in [-0.3, -0.25) is 0 Å². The van der Waals surface area contributed by atoms with Crippen LogP contribution in [0.1, 0.15) is 36.0 Å². The highest BCUT2D eigenvalue weighted by atomic mass is 19.4. The van der Waals surface area contributed by atoms with Gasteiger partial charge in [0, 0.05) is 17.2 Å². The van der Waals surface area contributed by atoms with Crippen molar-refractivity contribution in [2.75, 3.05) is 6.61 Å². The van der Waals surface area contributed by atoms with Gasteiger partial charge in [0.15, 0.2) is 0 Å². The second-order valence-electron chi connectivity index (χ2n) is 7.83. The Kier molecular flexibility index (Phi) is 8.85. The molecule has 0 atom stereocenters. The largest absolute Gasteiger partial charge is 0.463 e. The molecule has 0 unspecified atom stereocenters. The van der Waals surface area contributed by atoms with E-state index in [1.54, 1.807) is 6.07 Å². The standard InChI is InChI=1S/C24H20F10O2/c1-2-20(35)36-10-5-3-4-7-15-8-6-9-16(11-15)17-12-18(21(25,26)23(29,30)31)14-19(13-17)22(27,28)24(32,33)34/h2,6,8-9,11-14H,1,3-5,7,10H2. The number of unbranched alkanes of at least 4 members (excludes halogenated alkanes) is 2. The number of benzene rings is 2. The van der Waals surface area contributed by atoms with Crippen molar-refractivity contribution in [2.45, 2.75) is 49.9 Å². The molecule has 0 aromatic heterocycles. The van der Waals surface area contributed by atoms with Crippen molar-refractivity contribution in [3.05, 3.63) is 71.8 Å². The number of alkyl halides is 10. The van der Waals surface area contributed by atoms with Crippen LogP contribution >= 0.6 is 0 Å². The van der Waals surface area contributed by atoms with E-state index >= 15 is 0 Å². The predicted octanol–water partition coefficient (Wildman–Crippen LogP) is 8.10. The van der Waals surface area contributed by atoms with E-state index in [1.807, 2.05) is 0 Å². The van der Waals surface area contributed by atoms with E-state index in [-0.39, 0.29) is 24.3 Å². The lowest BCUT2D eigenvalue weighted by molar-refractivity contribution is -0.292. The SMILES string of the molecule is C=CC(=O)OCCCCCc1cccc(-c2cc(C(F)(F)C(F)(F)F)cc(C(F)(F)C(F)(F)F)c2)c1. The molecule has 0 amide bonds. The maximum Gasteiger partial charge on any atom is 0.458 e. The van der Waals surface area contributed by atoms with Gasteiger partial charge in [-0.15, -0.1) is 0 Å². The van der Waals surface area contributed by atoms with Crippen LogP contribution in [0, 0.1) is 0 Å². The van der Waals surface area contributed by atoms with Crippen LogP contribution < -0.4 is 0 Å². The molecule has 0 aliphatic heterocycles. The van der Waals surface area contributed by atoms with Crippen LogP contribution in [-0.4, -0.2) is 24.9 Å². The quantitative estimate of drug-likeness (QED) is 0.134. The summed E-state index contributed by atoms with van der Waals surface area (Å²) in [6, 6.07) is 5.45. The molecule has 0 N–H and O–H groups in total. The molecule has 2 rings (SSSR count). The molecule has 2 nitrogen and oxygen atoms in total. The van der Waals surface area contributed by atoms with Gasteiger partial charge in [0.1, 0.15) is 0 Å². The molecular weight excluding hydrogens is 510 g/mol. The van der Waals surface area contributed by atoms with Gasteiger partial charge in [-0.1, -0.05) is 30.8 Å². The van der Waals surface area contributed by atoms with Crippen LogP contribution in [0.25, 0.3) is 11.1 Å². The number of carbonyl (C=O) groups excluding carboxylic acids is 1. The Labute approximate surface area is 199 Å². The van der Waals surface area contributed by atoms with Crippen molar-refractivity contribution in [1.82, 2.24) is 0 Å². The first-order valence-electron chi connectivity index (χ1n) is 10.4. The summed E-state index contributed by atoms with van der Waals surface area (Å²) in [5.41, 5.74) is -4.32. The highest BCUT2D eigenvalue weighted by Crippen LogP contribution is 2.49. The lowest BCUT2D eigenvalue weighted by Crippen LogP contribution is -2.36. The Balaban J connectivity index is 2.38. The van der Waals surface area contributed by atoms with Gasteiger partial charge in [0.2, 0.25) is 0 Å². The third kappa shape index (κ3) is 6.79. The van der Waals surface area contributed by atoms with Crippen molar-refractivity contribution in [3.8, 4) is 11.1 Å². The van der Waals surface area contributed by atoms with Gasteiger partial charge in [0.05, 0.1) is 6.61 Å². The Hall–Kier alpha value is -3.05. The molecule has 0 saturated heterocycles. The molecule has 0 saturated carbocycles. The smallest absolute Gasteiger partial charge is 0.458 e. The zero-order valence-electron chi connectivity index (χ0n) is 18.5. The van der Waals surface area contributed by atoms with Crippen LogP contribution in [0.2, 0.25) is 0 Å². The second-order valence-corrected chi connectivity index (χ2v) is 7.83. The minimum absolute atomic E-state index is 0.119. The zero-order valence-corrected chi connectivity index (χ0v) is 18.5. The fourth-order valence-electron chi connectivity index (χ4n) is 3.23. The first-order chi connectivity index (χ1) is 16.5. The fraction of sp³-hybridized carbons (Fsp3) is 0.375. The van der Waals surface area contributed by atoms with Crippen LogP contribution in [0.4, 0.5) is 43.9 Å². The van der Waals surface area contributed by atoms with Crippen LogP contribution in [0.3, 0.4) is 0 Å². The van der Waals surface area contributed by atoms with Crippen LogP contribution in [-0.2, 0) is 27.8 Å². The summed E-state index contributed by atoms with van der Waals surface area (Å²) in [6.07, 6.45) is -9.45. The minimum Gasteiger partial charge on any atom is -0.463 e. The molecule has 2 aromatic rings. The predicted molar refractivity (Wildman–Crippen MR) is 110 cm³/mol. The number of halogens is 10. The first-order valence-corrected chi connectivity index (χ1v) is 10.4. The van der Waals surface area contributed by atoms with Gasteiger partial charge >= 0.3 is 30.2 Å². The maximum atomic E-state index is 14.0. The molecule has 0 aliphatic carbocycles. The lowest BCUT2D eigenvalue weighted by Gasteiger charge is -2.25. The number of aryl methyl sites for hydroxylation is 1. The molecule has 0 spiro atoms. The van der Waals surface area contributed by atoms with Crippen molar-refractivity contribution in [2.24, 2.45) is 0 Å². The molecule has 0 heterocycles. The van der Waals surface area contributed by atoms with Crippen molar-refractivity contribution < 1.29 is 53.4 Å². The van der Waals surface area contributed by atoms with Gasteiger partial charge in [0.25, 0.3) is 0 Å². The second kappa shape index (κ2) is 10.9. The maximum absolute atomic E-state index is 14.0. The average molecular weight is 530 g/mol. The Morgan fingerprint density at radius 1 is 0.750 bits per heavy atom. The summed E-state index contributed by atoms with van der Waals surface area (Å²) in [6.45, 7) is 3.38. The van der Waals surface area contributed by atoms with Crippen molar-refractivity contribution >= 4 is 5.97 Å². The third-order valence-corrected chi connectivity index (χ3v) is 5.15. The van der Waals surface area contributed by atoms with Crippen molar-refractivity contribution in [1.29, 1.82) is 0 Å². The number of rotatable bonds is 10. The molecule has 2 aromatic carbocycles. The summed E-state index contributed by atoms with van der Waals surface area (Å²) >= 11 is 0. The Bertz CT molecular complexity index is 1030. The van der Waals surface area contributed by atoms with Gasteiger partial charge in [-0.05, 0) is 60.6 Å². The zero-order chi connectivity index (χ0) is 27.4. The Morgan fingerprint density at radius 2 is 1.31 bits per heavy atom. The van der Waals surface area contributed by atoms with Gasteiger partial charge < -0.3 is 4.74 Å². The molecule has 0 radical (unpaired) electrons. The first kappa shape index (κ1) is 29.2. The van der Waals surface area contributed by atoms with Crippen LogP contribution in [0.15, 0.2) is 55.1 Å². The van der Waals surface area contributed by atoms with Crippen molar-refractivity contribution in [3.63, 3.8) is 0 Å². The summed E-state index contributed by atoms with van der Waals surface area (Å²) in [4.78, 5) is 11.0. The van der Waals surface area contributed by atoms with E-state index in [1.165, 1.54) is 18.2 Å². The van der Waals surface area contributed by atoms with Gasteiger partial charge in [-0.2, -0.15) is 43.9 Å². The molecule has 0 aliphatic rings. The average Bonchev–Trinajstić information content (AvgIpc) is 2.79. The topological polar surface area (TPSA) is 26.3 Å². The third-order valence-electron chi connectivity index (χ3n) is 5.15. The van der Waals surface area contributed by atoms with Crippen LogP contribution in [0.5, 0.6) is 0 Å². The van der Waals surface area contributed by atoms with E-state index < -0.39 is 52.9 Å². The lowest BCUT2D eigenvalue weighted by atomic mass is 9.93. The van der Waals surface area contributed by atoms with E-state index in [0.29, 0.717) is 31.2 Å². The van der Waals surface area contributed by atoms with E-state index in [0.717, 1.165) is 6.08 Å². The minimum atomic E-state index is -6.22. The number of hydrogen-bond acceptors (Lipinski definition) is 2. The molecule has 198 valence electrons. The highest BCUT2D eigenvalue weighted by molar-refractivity contribution is 5.81. The number of ether oxygens (including phenoxy) is 1. The number of esters is 1. The van der Waals surface area contributed by atoms with Gasteiger partial charge in [-0.25, -0.2) is 4.79 Å². The summed E-state index contributed by atoms with van der Waals surface area (Å²) in [5, 5.41) is 0.